The quantitative estimate of drug-likeness (QED) is 0.236. The van der Waals surface area contributed by atoms with Gasteiger partial charge in [0, 0.05) is 13.5 Å². The average Bonchev–Trinajstić information content (AvgIpc) is 2.76. The van der Waals surface area contributed by atoms with E-state index in [1.807, 2.05) is 30.3 Å². The number of likely N-dealkylation sites (N-methyl/N-ethyl adjacent to an activating group) is 1. The third-order valence-electron chi connectivity index (χ3n) is 5.38. The van der Waals surface area contributed by atoms with E-state index in [1.165, 1.54) is 11.9 Å². The zero-order valence-corrected chi connectivity index (χ0v) is 17.8. The van der Waals surface area contributed by atoms with Crippen molar-refractivity contribution in [3.8, 4) is 0 Å². The van der Waals surface area contributed by atoms with E-state index in [0.29, 0.717) is 6.42 Å². The zero-order chi connectivity index (χ0) is 22.6. The molecule has 1 aromatic rings. The van der Waals surface area contributed by atoms with Gasteiger partial charge in [0.1, 0.15) is 19.3 Å². The highest BCUT2D eigenvalue weighted by Gasteiger charge is 2.34. The van der Waals surface area contributed by atoms with Crippen LogP contribution in [0.5, 0.6) is 0 Å². The summed E-state index contributed by atoms with van der Waals surface area (Å²) in [6, 6.07) is 8.68. The first kappa shape index (κ1) is 24.2. The molecule has 1 saturated carbocycles. The average molecular weight is 434 g/mol. The second kappa shape index (κ2) is 12.6. The lowest BCUT2D eigenvalue weighted by atomic mass is 9.83. The van der Waals surface area contributed by atoms with Crippen LogP contribution in [0.2, 0.25) is 0 Å². The monoisotopic (exact) mass is 433 g/mol. The standard InChI is InChI=1S/C22H31N3O6/c1-25(19(20(27)28)17-10-6-3-7-11-17)21(23)24-22(29)31-15-14-30-18(26)13-12-16-8-4-2-5-9-16/h2,4-5,8-9,17,19H,3,6-7,10-15H2,1H3,(H,27,28)(H2,23,24,29). The van der Waals surface area contributed by atoms with Crippen molar-refractivity contribution in [2.45, 2.75) is 51.0 Å². The van der Waals surface area contributed by atoms with Crippen LogP contribution in [0.25, 0.3) is 0 Å². The Morgan fingerprint density at radius 1 is 1.13 bits per heavy atom. The fourth-order valence-corrected chi connectivity index (χ4v) is 3.75. The highest BCUT2D eigenvalue weighted by Crippen LogP contribution is 2.28. The number of carboxylic acids is 1. The van der Waals surface area contributed by atoms with Crippen LogP contribution in [-0.2, 0) is 25.5 Å². The number of hydrogen-bond donors (Lipinski definition) is 3. The second-order valence-electron chi connectivity index (χ2n) is 7.61. The van der Waals surface area contributed by atoms with Gasteiger partial charge in [-0.25, -0.2) is 9.59 Å². The maximum absolute atomic E-state index is 11.9. The number of esters is 1. The van der Waals surface area contributed by atoms with E-state index in [2.05, 4.69) is 5.32 Å². The molecule has 1 unspecified atom stereocenters. The molecule has 1 aliphatic rings. The van der Waals surface area contributed by atoms with Crippen LogP contribution in [0.15, 0.2) is 30.3 Å². The van der Waals surface area contributed by atoms with E-state index in [9.17, 15) is 19.5 Å². The zero-order valence-electron chi connectivity index (χ0n) is 17.8. The van der Waals surface area contributed by atoms with E-state index in [1.54, 1.807) is 0 Å². The fourth-order valence-electron chi connectivity index (χ4n) is 3.75. The Labute approximate surface area is 182 Å². The normalized spacial score (nSPS) is 14.9. The van der Waals surface area contributed by atoms with Crippen LogP contribution >= 0.6 is 0 Å². The van der Waals surface area contributed by atoms with Gasteiger partial charge >= 0.3 is 18.0 Å². The number of benzene rings is 1. The number of nitrogens with one attached hydrogen (secondary N) is 2. The summed E-state index contributed by atoms with van der Waals surface area (Å²) in [5, 5.41) is 19.8. The molecule has 1 fully saturated rings. The molecule has 0 aliphatic heterocycles. The molecule has 31 heavy (non-hydrogen) atoms. The van der Waals surface area contributed by atoms with E-state index in [0.717, 1.165) is 37.7 Å². The van der Waals surface area contributed by atoms with Gasteiger partial charge in [-0.2, -0.15) is 0 Å². The van der Waals surface area contributed by atoms with Crippen LogP contribution in [0.3, 0.4) is 0 Å². The minimum absolute atomic E-state index is 0.0651. The van der Waals surface area contributed by atoms with Crippen molar-refractivity contribution in [2.24, 2.45) is 5.92 Å². The number of amides is 1. The predicted molar refractivity (Wildman–Crippen MR) is 114 cm³/mol. The largest absolute Gasteiger partial charge is 0.480 e. The third-order valence-corrected chi connectivity index (χ3v) is 5.38. The van der Waals surface area contributed by atoms with Gasteiger partial charge in [-0.15, -0.1) is 0 Å². The number of carbonyl (C=O) groups excluding carboxylic acids is 2. The molecule has 0 aromatic heterocycles. The molecular weight excluding hydrogens is 402 g/mol. The highest BCUT2D eigenvalue weighted by molar-refractivity contribution is 5.94. The number of guanidine groups is 1. The highest BCUT2D eigenvalue weighted by atomic mass is 16.6. The van der Waals surface area contributed by atoms with E-state index < -0.39 is 24.1 Å². The molecule has 1 aromatic carbocycles. The lowest BCUT2D eigenvalue weighted by molar-refractivity contribution is -0.145. The molecule has 0 radical (unpaired) electrons. The summed E-state index contributed by atoms with van der Waals surface area (Å²) in [6.45, 7) is -0.255. The summed E-state index contributed by atoms with van der Waals surface area (Å²) < 4.78 is 9.95. The van der Waals surface area contributed by atoms with Gasteiger partial charge in [-0.1, -0.05) is 49.6 Å². The molecule has 9 nitrogen and oxygen atoms in total. The van der Waals surface area contributed by atoms with Gasteiger partial charge in [0.05, 0.1) is 0 Å². The molecule has 1 atom stereocenters. The number of carbonyl (C=O) groups is 3. The van der Waals surface area contributed by atoms with Crippen molar-refractivity contribution < 1.29 is 29.0 Å². The summed E-state index contributed by atoms with van der Waals surface area (Å²) in [7, 11) is 1.48. The molecule has 0 spiro atoms. The Balaban J connectivity index is 1.66. The number of carboxylic acid groups (broad SMARTS) is 1. The number of nitrogens with zero attached hydrogens (tertiary/aromatic N) is 1. The van der Waals surface area contributed by atoms with Crippen molar-refractivity contribution in [1.29, 1.82) is 5.41 Å². The molecule has 1 amide bonds. The minimum atomic E-state index is -1.02. The lowest BCUT2D eigenvalue weighted by Gasteiger charge is -2.34. The second-order valence-corrected chi connectivity index (χ2v) is 7.61. The summed E-state index contributed by atoms with van der Waals surface area (Å²) >= 11 is 0. The molecule has 0 heterocycles. The van der Waals surface area contributed by atoms with Crippen molar-refractivity contribution in [3.63, 3.8) is 0 Å². The van der Waals surface area contributed by atoms with Crippen molar-refractivity contribution >= 4 is 24.0 Å². The van der Waals surface area contributed by atoms with Crippen LogP contribution in [0.1, 0.15) is 44.1 Å². The minimum Gasteiger partial charge on any atom is -0.480 e. The molecule has 3 N–H and O–H groups in total. The lowest BCUT2D eigenvalue weighted by Crippen LogP contribution is -2.52. The SMILES string of the molecule is CN(C(=N)NC(=O)OCCOC(=O)CCc1ccccc1)C(C(=O)O)C1CCCCC1. The van der Waals surface area contributed by atoms with Crippen molar-refractivity contribution in [3.05, 3.63) is 35.9 Å². The van der Waals surface area contributed by atoms with Gasteiger partial charge in [-0.3, -0.25) is 15.5 Å². The van der Waals surface area contributed by atoms with Crippen LogP contribution < -0.4 is 5.32 Å². The fraction of sp³-hybridized carbons (Fsp3) is 0.545. The first-order valence-electron chi connectivity index (χ1n) is 10.6. The smallest absolute Gasteiger partial charge is 0.414 e. The Hall–Kier alpha value is -3.10. The first-order valence-corrected chi connectivity index (χ1v) is 10.6. The molecular formula is C22H31N3O6. The molecule has 0 saturated heterocycles. The Morgan fingerprint density at radius 3 is 2.42 bits per heavy atom. The van der Waals surface area contributed by atoms with Crippen molar-refractivity contribution in [2.75, 3.05) is 20.3 Å². The van der Waals surface area contributed by atoms with Gasteiger partial charge in [0.25, 0.3) is 0 Å². The van der Waals surface area contributed by atoms with Gasteiger partial charge in [0.15, 0.2) is 0 Å². The first-order chi connectivity index (χ1) is 14.9. The summed E-state index contributed by atoms with van der Waals surface area (Å²) in [4.78, 5) is 36.6. The van der Waals surface area contributed by atoms with Crippen molar-refractivity contribution in [1.82, 2.24) is 10.2 Å². The Bertz CT molecular complexity index is 749. The maximum Gasteiger partial charge on any atom is 0.414 e. The Morgan fingerprint density at radius 2 is 1.77 bits per heavy atom. The summed E-state index contributed by atoms with van der Waals surface area (Å²) in [5.74, 6) is -1.82. The van der Waals surface area contributed by atoms with Gasteiger partial charge < -0.3 is 19.5 Å². The van der Waals surface area contributed by atoms with Gasteiger partial charge in [0.2, 0.25) is 5.96 Å². The summed E-state index contributed by atoms with van der Waals surface area (Å²) in [5.41, 5.74) is 1.03. The number of alkyl carbamates (subject to hydrolysis) is 1. The van der Waals surface area contributed by atoms with Crippen LogP contribution in [0, 0.1) is 11.3 Å². The third kappa shape index (κ3) is 8.27. The van der Waals surface area contributed by atoms with Crippen LogP contribution in [0.4, 0.5) is 4.79 Å². The molecule has 1 aliphatic carbocycles. The van der Waals surface area contributed by atoms with E-state index >= 15 is 0 Å². The molecule has 2 rings (SSSR count). The molecule has 0 bridgehead atoms. The number of aliphatic carboxylic acids is 1. The molecule has 9 heteroatoms. The number of hydrogen-bond acceptors (Lipinski definition) is 6. The number of aryl methyl sites for hydroxylation is 1. The van der Waals surface area contributed by atoms with Crippen LogP contribution in [-0.4, -0.2) is 60.3 Å². The van der Waals surface area contributed by atoms with Gasteiger partial charge in [-0.05, 0) is 30.7 Å². The number of rotatable bonds is 9. The molecule has 170 valence electrons. The van der Waals surface area contributed by atoms with E-state index in [4.69, 9.17) is 14.9 Å². The topological polar surface area (TPSA) is 129 Å². The predicted octanol–water partition coefficient (Wildman–Crippen LogP) is 2.79. The maximum atomic E-state index is 11.9. The Kier molecular flexibility index (Phi) is 9.80. The number of ether oxygens (including phenoxy) is 2. The summed E-state index contributed by atoms with van der Waals surface area (Å²) in [6.07, 6.45) is 4.49. The van der Waals surface area contributed by atoms with E-state index in [-0.39, 0.29) is 31.5 Å².